The number of carbonyl (C=O) groups is 1. The predicted octanol–water partition coefficient (Wildman–Crippen LogP) is 7.84. The number of benzene rings is 3. The first-order valence-electron chi connectivity index (χ1n) is 13.3. The quantitative estimate of drug-likeness (QED) is 0.183. The van der Waals surface area contributed by atoms with Crippen LogP contribution >= 0.6 is 22.9 Å². The summed E-state index contributed by atoms with van der Waals surface area (Å²) in [4.78, 5) is 19.0. The second-order valence-corrected chi connectivity index (χ2v) is 11.3. The third-order valence-corrected chi connectivity index (χ3v) is 8.61. The molecule has 9 heteroatoms. The zero-order valence-corrected chi connectivity index (χ0v) is 24.3. The summed E-state index contributed by atoms with van der Waals surface area (Å²) in [7, 11) is 0. The van der Waals surface area contributed by atoms with Crippen LogP contribution in [0.15, 0.2) is 89.9 Å². The van der Waals surface area contributed by atoms with Gasteiger partial charge < -0.3 is 9.47 Å². The fourth-order valence-electron chi connectivity index (χ4n) is 4.75. The number of rotatable bonds is 7. The van der Waals surface area contributed by atoms with E-state index in [9.17, 15) is 4.79 Å². The molecular formula is C32H27ClN4O3S. The first-order chi connectivity index (χ1) is 19.9. The van der Waals surface area contributed by atoms with Crippen LogP contribution < -0.4 is 4.74 Å². The summed E-state index contributed by atoms with van der Waals surface area (Å²) in [6.45, 7) is 6.04. The normalized spacial score (nSPS) is 13.8. The summed E-state index contributed by atoms with van der Waals surface area (Å²) in [5.41, 5.74) is 3.38. The molecule has 3 aromatic carbocycles. The van der Waals surface area contributed by atoms with Crippen molar-refractivity contribution < 1.29 is 14.3 Å². The summed E-state index contributed by atoms with van der Waals surface area (Å²) in [5.74, 6) is 2.22. The lowest BCUT2D eigenvalue weighted by Crippen LogP contribution is -2.15. The minimum absolute atomic E-state index is 0.306. The van der Waals surface area contributed by atoms with E-state index in [-0.39, 0.29) is 5.97 Å². The Bertz CT molecular complexity index is 1740. The van der Waals surface area contributed by atoms with Crippen molar-refractivity contribution in [1.82, 2.24) is 14.8 Å². The Balaban J connectivity index is 1.23. The Morgan fingerprint density at radius 3 is 2.39 bits per heavy atom. The van der Waals surface area contributed by atoms with Gasteiger partial charge in [0.25, 0.3) is 0 Å². The maximum atomic E-state index is 13.2. The number of halogens is 1. The number of para-hydroxylation sites is 1. The molecule has 2 atom stereocenters. The molecular weight excluding hydrogens is 556 g/mol. The van der Waals surface area contributed by atoms with Crippen molar-refractivity contribution in [2.75, 3.05) is 0 Å². The first kappa shape index (κ1) is 26.9. The van der Waals surface area contributed by atoms with Gasteiger partial charge in [0.1, 0.15) is 35.0 Å². The van der Waals surface area contributed by atoms with Gasteiger partial charge in [-0.3, -0.25) is 14.4 Å². The number of aromatic nitrogens is 3. The summed E-state index contributed by atoms with van der Waals surface area (Å²) in [6, 6.07) is 26.8. The maximum Gasteiger partial charge on any atom is 0.313 e. The Labute approximate surface area is 247 Å². The molecule has 2 aromatic heterocycles. The highest BCUT2D eigenvalue weighted by atomic mass is 35.5. The molecule has 0 fully saturated rings. The molecule has 0 saturated heterocycles. The number of carbonyl (C=O) groups excluding carboxylic acids is 1. The molecule has 0 saturated carbocycles. The number of aliphatic imine (C=N–C) groups is 1. The van der Waals surface area contributed by atoms with E-state index in [0.717, 1.165) is 49.7 Å². The molecule has 0 spiro atoms. The molecule has 0 radical (unpaired) electrons. The van der Waals surface area contributed by atoms with Gasteiger partial charge in [-0.15, -0.1) is 21.5 Å². The third-order valence-electron chi connectivity index (χ3n) is 7.00. The van der Waals surface area contributed by atoms with Crippen molar-refractivity contribution in [2.24, 2.45) is 4.99 Å². The maximum absolute atomic E-state index is 13.2. The SMILES string of the molecule is Cc1nnc2n1-c1sc(C(C)OC(=O)C(C)c3ccc(Oc4ccccc4)cc3)cc1C(c1ccccc1Cl)=NC2. The van der Waals surface area contributed by atoms with Crippen LogP contribution in [0, 0.1) is 6.92 Å². The van der Waals surface area contributed by atoms with Crippen LogP contribution in [-0.2, 0) is 16.1 Å². The van der Waals surface area contributed by atoms with Crippen LogP contribution in [0.4, 0.5) is 0 Å². The van der Waals surface area contributed by atoms with Crippen LogP contribution in [0.1, 0.15) is 59.1 Å². The standard InChI is InChI=1S/C32H27ClN4O3S/c1-19(22-13-15-24(16-14-22)40-23-9-5-4-6-10-23)32(38)39-20(2)28-17-26-30(25-11-7-8-12-27(25)33)34-18-29-36-35-21(3)37(29)31(26)41-28/h4-17,19-20H,18H2,1-3H3. The van der Waals surface area contributed by atoms with Crippen molar-refractivity contribution in [3.8, 4) is 16.5 Å². The van der Waals surface area contributed by atoms with Gasteiger partial charge in [-0.25, -0.2) is 0 Å². The Morgan fingerprint density at radius 1 is 0.927 bits per heavy atom. The highest BCUT2D eigenvalue weighted by molar-refractivity contribution is 7.15. The minimum Gasteiger partial charge on any atom is -0.457 e. The molecule has 2 unspecified atom stereocenters. The molecule has 1 aliphatic rings. The Kier molecular flexibility index (Phi) is 7.43. The first-order valence-corrected chi connectivity index (χ1v) is 14.5. The van der Waals surface area contributed by atoms with Gasteiger partial charge in [0.15, 0.2) is 5.82 Å². The second-order valence-electron chi connectivity index (χ2n) is 9.80. The monoisotopic (exact) mass is 582 g/mol. The van der Waals surface area contributed by atoms with Crippen LogP contribution in [-0.4, -0.2) is 26.4 Å². The molecule has 0 aliphatic carbocycles. The molecule has 7 nitrogen and oxygen atoms in total. The molecule has 0 N–H and O–H groups in total. The number of fused-ring (bicyclic) bond motifs is 3. The highest BCUT2D eigenvalue weighted by Gasteiger charge is 2.28. The highest BCUT2D eigenvalue weighted by Crippen LogP contribution is 2.38. The number of esters is 1. The Morgan fingerprint density at radius 2 is 1.63 bits per heavy atom. The molecule has 3 heterocycles. The number of aryl methyl sites for hydroxylation is 1. The molecule has 0 amide bonds. The van der Waals surface area contributed by atoms with E-state index in [1.54, 1.807) is 11.3 Å². The van der Waals surface area contributed by atoms with E-state index in [2.05, 4.69) is 10.2 Å². The van der Waals surface area contributed by atoms with Gasteiger partial charge in [-0.1, -0.05) is 60.1 Å². The largest absolute Gasteiger partial charge is 0.457 e. The van der Waals surface area contributed by atoms with Gasteiger partial charge in [0.05, 0.1) is 11.6 Å². The number of nitrogens with zero attached hydrogens (tertiary/aromatic N) is 4. The van der Waals surface area contributed by atoms with E-state index in [0.29, 0.717) is 17.3 Å². The lowest BCUT2D eigenvalue weighted by atomic mass is 10.0. The molecule has 0 bridgehead atoms. The number of ether oxygens (including phenoxy) is 2. The van der Waals surface area contributed by atoms with Crippen LogP contribution in [0.2, 0.25) is 5.02 Å². The third kappa shape index (κ3) is 5.40. The molecule has 206 valence electrons. The average Bonchev–Trinajstić information content (AvgIpc) is 3.54. The smallest absolute Gasteiger partial charge is 0.313 e. The zero-order valence-electron chi connectivity index (χ0n) is 22.7. The van der Waals surface area contributed by atoms with Crippen LogP contribution in [0.25, 0.3) is 5.00 Å². The lowest BCUT2D eigenvalue weighted by molar-refractivity contribution is -0.149. The van der Waals surface area contributed by atoms with E-state index in [1.165, 1.54) is 0 Å². The summed E-state index contributed by atoms with van der Waals surface area (Å²) >= 11 is 8.13. The fraction of sp³-hybridized carbons (Fsp3) is 0.188. The topological polar surface area (TPSA) is 78.6 Å². The van der Waals surface area contributed by atoms with Crippen molar-refractivity contribution in [3.05, 3.63) is 123 Å². The number of thiophene rings is 1. The molecule has 6 rings (SSSR count). The summed E-state index contributed by atoms with van der Waals surface area (Å²) < 4.78 is 13.9. The average molecular weight is 583 g/mol. The number of hydrogen-bond donors (Lipinski definition) is 0. The molecule has 1 aliphatic heterocycles. The van der Waals surface area contributed by atoms with E-state index in [4.69, 9.17) is 26.1 Å². The van der Waals surface area contributed by atoms with Gasteiger partial charge in [-0.05, 0) is 62.7 Å². The van der Waals surface area contributed by atoms with Crippen LogP contribution in [0.3, 0.4) is 0 Å². The van der Waals surface area contributed by atoms with E-state index in [1.807, 2.05) is 110 Å². The fourth-order valence-corrected chi connectivity index (χ4v) is 6.18. The van der Waals surface area contributed by atoms with Crippen molar-refractivity contribution in [2.45, 2.75) is 39.3 Å². The van der Waals surface area contributed by atoms with Crippen molar-refractivity contribution in [3.63, 3.8) is 0 Å². The molecule has 41 heavy (non-hydrogen) atoms. The van der Waals surface area contributed by atoms with Crippen molar-refractivity contribution >= 4 is 34.6 Å². The minimum atomic E-state index is -0.477. The summed E-state index contributed by atoms with van der Waals surface area (Å²) in [5, 5.41) is 10.2. The van der Waals surface area contributed by atoms with Gasteiger partial charge in [-0.2, -0.15) is 0 Å². The van der Waals surface area contributed by atoms with Crippen LogP contribution in [0.5, 0.6) is 11.5 Å². The van der Waals surface area contributed by atoms with Gasteiger partial charge in [0, 0.05) is 21.0 Å². The summed E-state index contributed by atoms with van der Waals surface area (Å²) in [6.07, 6.45) is -0.477. The van der Waals surface area contributed by atoms with E-state index >= 15 is 0 Å². The Hall–Kier alpha value is -4.27. The van der Waals surface area contributed by atoms with E-state index < -0.39 is 12.0 Å². The lowest BCUT2D eigenvalue weighted by Gasteiger charge is -2.16. The molecule has 5 aromatic rings. The van der Waals surface area contributed by atoms with Gasteiger partial charge >= 0.3 is 5.97 Å². The van der Waals surface area contributed by atoms with Crippen molar-refractivity contribution in [1.29, 1.82) is 0 Å². The number of hydrogen-bond acceptors (Lipinski definition) is 7. The zero-order chi connectivity index (χ0) is 28.5. The van der Waals surface area contributed by atoms with Gasteiger partial charge in [0.2, 0.25) is 0 Å². The predicted molar refractivity (Wildman–Crippen MR) is 161 cm³/mol. The second kappa shape index (κ2) is 11.3.